The lowest BCUT2D eigenvalue weighted by atomic mass is 10.1. The number of aryl methyl sites for hydroxylation is 1. The van der Waals surface area contributed by atoms with Crippen molar-refractivity contribution in [3.8, 4) is 0 Å². The Bertz CT molecular complexity index is 664. The first kappa shape index (κ1) is 17.8. The number of halogens is 1. The molecule has 0 radical (unpaired) electrons. The summed E-state index contributed by atoms with van der Waals surface area (Å²) in [4.78, 5) is 14.0. The molecule has 0 aliphatic heterocycles. The fourth-order valence-corrected chi connectivity index (χ4v) is 2.77. The molecule has 126 valence electrons. The molecule has 3 rings (SSSR count). The first-order chi connectivity index (χ1) is 10.7. The second-order valence-corrected chi connectivity index (χ2v) is 6.18. The standard InChI is InChI=1S/C18H24N2O2.ClH/c1-3-16-15(14-6-4-5-7-17(14)22-16)12-20(2)18(21)11-19-10-13-8-9-13;/h4-7,13,19H,3,8-12H2,1-2H3;1H. The number of carbonyl (C=O) groups is 1. The van der Waals surface area contributed by atoms with Gasteiger partial charge in [-0.15, -0.1) is 12.4 Å². The summed E-state index contributed by atoms with van der Waals surface area (Å²) in [6.07, 6.45) is 3.45. The lowest BCUT2D eigenvalue weighted by Gasteiger charge is -2.17. The maximum atomic E-state index is 12.2. The average molecular weight is 337 g/mol. The molecule has 0 atom stereocenters. The van der Waals surface area contributed by atoms with Crippen molar-refractivity contribution in [2.45, 2.75) is 32.7 Å². The Balaban J connectivity index is 0.00000192. The number of benzene rings is 1. The highest BCUT2D eigenvalue weighted by Crippen LogP contribution is 2.28. The minimum atomic E-state index is 0. The Kier molecular flexibility index (Phi) is 6.08. The molecule has 23 heavy (non-hydrogen) atoms. The van der Waals surface area contributed by atoms with Crippen LogP contribution < -0.4 is 5.32 Å². The molecule has 0 bridgehead atoms. The third-order valence-corrected chi connectivity index (χ3v) is 4.33. The second-order valence-electron chi connectivity index (χ2n) is 6.18. The number of carbonyl (C=O) groups excluding carboxylic acids is 1. The molecule has 1 aromatic heterocycles. The van der Waals surface area contributed by atoms with Crippen LogP contribution >= 0.6 is 12.4 Å². The van der Waals surface area contributed by atoms with Gasteiger partial charge in [-0.05, 0) is 31.4 Å². The maximum absolute atomic E-state index is 12.2. The van der Waals surface area contributed by atoms with E-state index < -0.39 is 0 Å². The first-order valence-corrected chi connectivity index (χ1v) is 8.13. The summed E-state index contributed by atoms with van der Waals surface area (Å²) in [6.45, 7) is 4.07. The van der Waals surface area contributed by atoms with Gasteiger partial charge in [0, 0.05) is 31.0 Å². The molecule has 1 aliphatic rings. The van der Waals surface area contributed by atoms with Gasteiger partial charge in [-0.25, -0.2) is 0 Å². The molecule has 2 aromatic rings. The van der Waals surface area contributed by atoms with Crippen LogP contribution in [0.1, 0.15) is 31.1 Å². The molecule has 1 fully saturated rings. The van der Waals surface area contributed by atoms with E-state index in [4.69, 9.17) is 4.42 Å². The lowest BCUT2D eigenvalue weighted by molar-refractivity contribution is -0.129. The van der Waals surface area contributed by atoms with E-state index >= 15 is 0 Å². The van der Waals surface area contributed by atoms with Crippen LogP contribution in [0.15, 0.2) is 28.7 Å². The van der Waals surface area contributed by atoms with Gasteiger partial charge in [0.2, 0.25) is 5.91 Å². The molecule has 1 aromatic carbocycles. The molecule has 1 amide bonds. The van der Waals surface area contributed by atoms with Gasteiger partial charge in [0.1, 0.15) is 11.3 Å². The Labute approximate surface area is 143 Å². The fraction of sp³-hybridized carbons (Fsp3) is 0.500. The number of nitrogens with zero attached hydrogens (tertiary/aromatic N) is 1. The smallest absolute Gasteiger partial charge is 0.236 e. The van der Waals surface area contributed by atoms with E-state index in [0.29, 0.717) is 13.1 Å². The molecule has 0 unspecified atom stereocenters. The van der Waals surface area contributed by atoms with E-state index in [0.717, 1.165) is 41.2 Å². The maximum Gasteiger partial charge on any atom is 0.236 e. The highest BCUT2D eigenvalue weighted by Gasteiger charge is 2.21. The van der Waals surface area contributed by atoms with Gasteiger partial charge < -0.3 is 14.6 Å². The van der Waals surface area contributed by atoms with E-state index in [1.54, 1.807) is 4.90 Å². The topological polar surface area (TPSA) is 45.5 Å². The van der Waals surface area contributed by atoms with Crippen molar-refractivity contribution in [2.75, 3.05) is 20.1 Å². The molecule has 1 heterocycles. The highest BCUT2D eigenvalue weighted by molar-refractivity contribution is 5.85. The monoisotopic (exact) mass is 336 g/mol. The molecule has 0 spiro atoms. The molecule has 1 saturated carbocycles. The first-order valence-electron chi connectivity index (χ1n) is 8.13. The van der Waals surface area contributed by atoms with Crippen molar-refractivity contribution >= 4 is 29.3 Å². The Hall–Kier alpha value is -1.52. The second kappa shape index (κ2) is 7.84. The molecule has 1 N–H and O–H groups in total. The number of furan rings is 1. The van der Waals surface area contributed by atoms with Crippen molar-refractivity contribution in [3.05, 3.63) is 35.6 Å². The SMILES string of the molecule is CCc1oc2ccccc2c1CN(C)C(=O)CNCC1CC1.Cl. The minimum Gasteiger partial charge on any atom is -0.461 e. The van der Waals surface area contributed by atoms with Gasteiger partial charge in [-0.1, -0.05) is 25.1 Å². The van der Waals surface area contributed by atoms with Gasteiger partial charge in [0.05, 0.1) is 6.54 Å². The van der Waals surface area contributed by atoms with Crippen molar-refractivity contribution < 1.29 is 9.21 Å². The van der Waals surface area contributed by atoms with Crippen LogP contribution in [0.4, 0.5) is 0 Å². The Morgan fingerprint density at radius 1 is 1.35 bits per heavy atom. The fourth-order valence-electron chi connectivity index (χ4n) is 2.77. The largest absolute Gasteiger partial charge is 0.461 e. The molecule has 4 nitrogen and oxygen atoms in total. The molecular formula is C18H25ClN2O2. The van der Waals surface area contributed by atoms with Crippen LogP contribution in [-0.4, -0.2) is 30.9 Å². The predicted molar refractivity (Wildman–Crippen MR) is 94.9 cm³/mol. The van der Waals surface area contributed by atoms with Gasteiger partial charge in [-0.3, -0.25) is 4.79 Å². The van der Waals surface area contributed by atoms with Crippen LogP contribution in [0.5, 0.6) is 0 Å². The number of hydrogen-bond donors (Lipinski definition) is 1. The van der Waals surface area contributed by atoms with Gasteiger partial charge in [0.15, 0.2) is 0 Å². The lowest BCUT2D eigenvalue weighted by Crippen LogP contribution is -2.36. The molecule has 1 aliphatic carbocycles. The summed E-state index contributed by atoms with van der Waals surface area (Å²) >= 11 is 0. The Morgan fingerprint density at radius 3 is 2.78 bits per heavy atom. The third-order valence-electron chi connectivity index (χ3n) is 4.33. The Morgan fingerprint density at radius 2 is 2.09 bits per heavy atom. The van der Waals surface area contributed by atoms with Crippen molar-refractivity contribution in [1.29, 1.82) is 0 Å². The summed E-state index contributed by atoms with van der Waals surface area (Å²) in [7, 11) is 1.86. The normalized spacial score (nSPS) is 13.8. The van der Waals surface area contributed by atoms with E-state index in [9.17, 15) is 4.79 Å². The molecule has 0 saturated heterocycles. The molecule has 5 heteroatoms. The van der Waals surface area contributed by atoms with Crippen molar-refractivity contribution in [1.82, 2.24) is 10.2 Å². The third kappa shape index (κ3) is 4.27. The number of rotatable bonds is 7. The summed E-state index contributed by atoms with van der Waals surface area (Å²) in [5.41, 5.74) is 2.04. The van der Waals surface area contributed by atoms with E-state index in [1.807, 2.05) is 25.2 Å². The van der Waals surface area contributed by atoms with E-state index in [2.05, 4.69) is 18.3 Å². The predicted octanol–water partition coefficient (Wildman–Crippen LogP) is 3.38. The van der Waals surface area contributed by atoms with Crippen molar-refractivity contribution in [3.63, 3.8) is 0 Å². The summed E-state index contributed by atoms with van der Waals surface area (Å²) in [5.74, 6) is 1.90. The van der Waals surface area contributed by atoms with Crippen LogP contribution in [0.3, 0.4) is 0 Å². The van der Waals surface area contributed by atoms with Crippen LogP contribution in [0.25, 0.3) is 11.0 Å². The van der Waals surface area contributed by atoms with Crippen LogP contribution in [0.2, 0.25) is 0 Å². The van der Waals surface area contributed by atoms with Crippen molar-refractivity contribution in [2.24, 2.45) is 5.92 Å². The number of likely N-dealkylation sites (N-methyl/N-ethyl adjacent to an activating group) is 1. The zero-order valence-corrected chi connectivity index (χ0v) is 14.6. The number of amides is 1. The number of fused-ring (bicyclic) bond motifs is 1. The van der Waals surface area contributed by atoms with Gasteiger partial charge in [-0.2, -0.15) is 0 Å². The van der Waals surface area contributed by atoms with E-state index in [-0.39, 0.29) is 18.3 Å². The summed E-state index contributed by atoms with van der Waals surface area (Å²) in [6, 6.07) is 8.04. The summed E-state index contributed by atoms with van der Waals surface area (Å²) < 4.78 is 5.90. The minimum absolute atomic E-state index is 0. The van der Waals surface area contributed by atoms with Gasteiger partial charge >= 0.3 is 0 Å². The summed E-state index contributed by atoms with van der Waals surface area (Å²) in [5, 5.41) is 4.37. The highest BCUT2D eigenvalue weighted by atomic mass is 35.5. The van der Waals surface area contributed by atoms with Crippen LogP contribution in [0, 0.1) is 5.92 Å². The number of hydrogen-bond acceptors (Lipinski definition) is 3. The average Bonchev–Trinajstić information content (AvgIpc) is 3.28. The van der Waals surface area contributed by atoms with E-state index in [1.165, 1.54) is 12.8 Å². The number of para-hydroxylation sites is 1. The zero-order valence-electron chi connectivity index (χ0n) is 13.8. The quantitative estimate of drug-likeness (QED) is 0.843. The molecular weight excluding hydrogens is 312 g/mol. The van der Waals surface area contributed by atoms with Gasteiger partial charge in [0.25, 0.3) is 0 Å². The number of nitrogens with one attached hydrogen (secondary N) is 1. The zero-order chi connectivity index (χ0) is 15.5. The van der Waals surface area contributed by atoms with Crippen LogP contribution in [-0.2, 0) is 17.8 Å².